The molecule has 2 rings (SSSR count). The SMILES string of the molecule is CNCc1cc(S(=O)(=O)NCc2ncc(C)s2)cn1C. The second-order valence-electron chi connectivity index (χ2n) is 4.50. The number of hydrogen-bond donors (Lipinski definition) is 2. The molecule has 0 spiro atoms. The van der Waals surface area contributed by atoms with Gasteiger partial charge in [-0.3, -0.25) is 0 Å². The van der Waals surface area contributed by atoms with Crippen LogP contribution in [0, 0.1) is 6.92 Å². The van der Waals surface area contributed by atoms with E-state index >= 15 is 0 Å². The number of rotatable bonds is 6. The lowest BCUT2D eigenvalue weighted by Crippen LogP contribution is -2.22. The fraction of sp³-hybridized carbons (Fsp3) is 0.417. The van der Waals surface area contributed by atoms with Crippen LogP contribution in [0.1, 0.15) is 15.6 Å². The smallest absolute Gasteiger partial charge is 0.242 e. The van der Waals surface area contributed by atoms with Crippen LogP contribution in [0.2, 0.25) is 0 Å². The molecule has 0 radical (unpaired) electrons. The average molecular weight is 314 g/mol. The Labute approximate surface area is 122 Å². The van der Waals surface area contributed by atoms with Gasteiger partial charge in [0, 0.05) is 36.6 Å². The summed E-state index contributed by atoms with van der Waals surface area (Å²) in [4.78, 5) is 5.48. The van der Waals surface area contributed by atoms with Crippen LogP contribution in [0.4, 0.5) is 0 Å². The number of sulfonamides is 1. The van der Waals surface area contributed by atoms with Crippen molar-refractivity contribution in [3.05, 3.63) is 34.0 Å². The Morgan fingerprint density at radius 2 is 2.15 bits per heavy atom. The molecule has 0 aromatic carbocycles. The first-order valence-corrected chi connectivity index (χ1v) is 8.43. The van der Waals surface area contributed by atoms with Gasteiger partial charge in [0.25, 0.3) is 0 Å². The van der Waals surface area contributed by atoms with Crippen LogP contribution >= 0.6 is 11.3 Å². The van der Waals surface area contributed by atoms with E-state index in [0.717, 1.165) is 15.6 Å². The van der Waals surface area contributed by atoms with Crippen LogP contribution in [-0.4, -0.2) is 25.0 Å². The van der Waals surface area contributed by atoms with Crippen molar-refractivity contribution < 1.29 is 8.42 Å². The first kappa shape index (κ1) is 15.2. The number of nitrogens with one attached hydrogen (secondary N) is 2. The molecule has 0 unspecified atom stereocenters. The number of aromatic nitrogens is 2. The molecule has 0 aliphatic heterocycles. The normalized spacial score (nSPS) is 11.9. The van der Waals surface area contributed by atoms with E-state index in [1.807, 2.05) is 21.0 Å². The molecule has 0 bridgehead atoms. The lowest BCUT2D eigenvalue weighted by atomic mass is 10.4. The van der Waals surface area contributed by atoms with Crippen molar-refractivity contribution in [3.8, 4) is 0 Å². The maximum absolute atomic E-state index is 12.2. The van der Waals surface area contributed by atoms with Crippen LogP contribution in [0.25, 0.3) is 0 Å². The highest BCUT2D eigenvalue weighted by Crippen LogP contribution is 2.15. The van der Waals surface area contributed by atoms with Gasteiger partial charge in [0.1, 0.15) is 5.01 Å². The third-order valence-corrected chi connectivity index (χ3v) is 5.11. The summed E-state index contributed by atoms with van der Waals surface area (Å²) in [6.07, 6.45) is 3.35. The van der Waals surface area contributed by atoms with Crippen LogP contribution in [-0.2, 0) is 30.2 Å². The van der Waals surface area contributed by atoms with E-state index in [9.17, 15) is 8.42 Å². The van der Waals surface area contributed by atoms with Crippen LogP contribution in [0.3, 0.4) is 0 Å². The molecule has 0 amide bonds. The molecule has 20 heavy (non-hydrogen) atoms. The van der Waals surface area contributed by atoms with Crippen LogP contribution in [0.5, 0.6) is 0 Å². The lowest BCUT2D eigenvalue weighted by Gasteiger charge is -2.02. The maximum atomic E-state index is 12.2. The van der Waals surface area contributed by atoms with Gasteiger partial charge in [-0.25, -0.2) is 18.1 Å². The van der Waals surface area contributed by atoms with Crippen molar-refractivity contribution >= 4 is 21.4 Å². The van der Waals surface area contributed by atoms with E-state index in [0.29, 0.717) is 6.54 Å². The molecule has 0 atom stereocenters. The molecule has 110 valence electrons. The fourth-order valence-corrected chi connectivity index (χ4v) is 3.70. The molecule has 2 heterocycles. The van der Waals surface area contributed by atoms with Gasteiger partial charge in [0.2, 0.25) is 10.0 Å². The third-order valence-electron chi connectivity index (χ3n) is 2.83. The summed E-state index contributed by atoms with van der Waals surface area (Å²) >= 11 is 1.49. The van der Waals surface area contributed by atoms with E-state index in [-0.39, 0.29) is 11.4 Å². The minimum absolute atomic E-state index is 0.219. The molecule has 2 aromatic rings. The Morgan fingerprint density at radius 3 is 2.75 bits per heavy atom. The van der Waals surface area contributed by atoms with Gasteiger partial charge in [0.05, 0.1) is 11.4 Å². The van der Waals surface area contributed by atoms with E-state index in [2.05, 4.69) is 15.0 Å². The summed E-state index contributed by atoms with van der Waals surface area (Å²) in [5, 5.41) is 3.77. The molecule has 0 fully saturated rings. The van der Waals surface area contributed by atoms with Crippen molar-refractivity contribution in [2.75, 3.05) is 7.05 Å². The average Bonchev–Trinajstić information content (AvgIpc) is 2.95. The van der Waals surface area contributed by atoms with Crippen molar-refractivity contribution in [2.24, 2.45) is 7.05 Å². The second kappa shape index (κ2) is 6.04. The quantitative estimate of drug-likeness (QED) is 0.833. The monoisotopic (exact) mass is 314 g/mol. The number of nitrogens with zero attached hydrogens (tertiary/aromatic N) is 2. The standard InChI is InChI=1S/C12H18N4O2S2/c1-9-5-14-12(19-9)7-15-20(17,18)11-4-10(6-13-2)16(3)8-11/h4-5,8,13,15H,6-7H2,1-3H3. The molecule has 2 N–H and O–H groups in total. The zero-order valence-corrected chi connectivity index (χ0v) is 13.3. The first-order valence-electron chi connectivity index (χ1n) is 6.13. The van der Waals surface area contributed by atoms with Gasteiger partial charge < -0.3 is 9.88 Å². The Balaban J connectivity index is 2.11. The Morgan fingerprint density at radius 1 is 1.40 bits per heavy atom. The molecule has 0 aliphatic carbocycles. The number of thiazole rings is 1. The largest absolute Gasteiger partial charge is 0.352 e. The molecule has 0 saturated heterocycles. The van der Waals surface area contributed by atoms with E-state index in [1.54, 1.807) is 23.0 Å². The van der Waals surface area contributed by atoms with Crippen LogP contribution < -0.4 is 10.0 Å². The van der Waals surface area contributed by atoms with Gasteiger partial charge >= 0.3 is 0 Å². The molecule has 2 aromatic heterocycles. The Hall–Kier alpha value is -1.22. The summed E-state index contributed by atoms with van der Waals surface area (Å²) in [6, 6.07) is 1.67. The minimum Gasteiger partial charge on any atom is -0.352 e. The predicted octanol–water partition coefficient (Wildman–Crippen LogP) is 0.988. The Bertz CT molecular complexity index is 688. The summed E-state index contributed by atoms with van der Waals surface area (Å²) in [7, 11) is 0.152. The predicted molar refractivity (Wildman–Crippen MR) is 79.1 cm³/mol. The highest BCUT2D eigenvalue weighted by Gasteiger charge is 2.17. The second-order valence-corrected chi connectivity index (χ2v) is 7.58. The van der Waals surface area contributed by atoms with Crippen molar-refractivity contribution in [3.63, 3.8) is 0 Å². The topological polar surface area (TPSA) is 76.0 Å². The molecule has 8 heteroatoms. The van der Waals surface area contributed by atoms with Crippen molar-refractivity contribution in [2.45, 2.75) is 24.9 Å². The lowest BCUT2D eigenvalue weighted by molar-refractivity contribution is 0.581. The van der Waals surface area contributed by atoms with Crippen LogP contribution in [0.15, 0.2) is 23.4 Å². The summed E-state index contributed by atoms with van der Waals surface area (Å²) < 4.78 is 28.8. The van der Waals surface area contributed by atoms with E-state index in [1.165, 1.54) is 11.3 Å². The summed E-state index contributed by atoms with van der Waals surface area (Å²) in [6.45, 7) is 2.78. The maximum Gasteiger partial charge on any atom is 0.242 e. The molecule has 0 aliphatic rings. The molecule has 6 nitrogen and oxygen atoms in total. The summed E-state index contributed by atoms with van der Waals surface area (Å²) in [5.41, 5.74) is 0.915. The van der Waals surface area contributed by atoms with Crippen molar-refractivity contribution in [1.82, 2.24) is 19.6 Å². The number of aryl methyl sites for hydroxylation is 2. The van der Waals surface area contributed by atoms with Gasteiger partial charge in [-0.05, 0) is 20.0 Å². The van der Waals surface area contributed by atoms with Crippen molar-refractivity contribution in [1.29, 1.82) is 0 Å². The zero-order valence-electron chi connectivity index (χ0n) is 11.7. The van der Waals surface area contributed by atoms with E-state index in [4.69, 9.17) is 0 Å². The van der Waals surface area contributed by atoms with Gasteiger partial charge in [-0.1, -0.05) is 0 Å². The highest BCUT2D eigenvalue weighted by molar-refractivity contribution is 7.89. The molecule has 0 saturated carbocycles. The summed E-state index contributed by atoms with van der Waals surface area (Å²) in [5.74, 6) is 0. The first-order chi connectivity index (χ1) is 9.42. The fourth-order valence-electron chi connectivity index (χ4n) is 1.80. The minimum atomic E-state index is -3.50. The van der Waals surface area contributed by atoms with E-state index < -0.39 is 10.0 Å². The number of hydrogen-bond acceptors (Lipinski definition) is 5. The molecular formula is C12H18N4O2S2. The van der Waals surface area contributed by atoms with Gasteiger partial charge in [-0.15, -0.1) is 11.3 Å². The Kier molecular flexibility index (Phi) is 4.59. The highest BCUT2D eigenvalue weighted by atomic mass is 32.2. The zero-order chi connectivity index (χ0) is 14.8. The molecular weight excluding hydrogens is 296 g/mol. The van der Waals surface area contributed by atoms with Gasteiger partial charge in [-0.2, -0.15) is 0 Å². The van der Waals surface area contributed by atoms with Gasteiger partial charge in [0.15, 0.2) is 0 Å². The third kappa shape index (κ3) is 3.45.